The second kappa shape index (κ2) is 7.22. The summed E-state index contributed by atoms with van der Waals surface area (Å²) in [5, 5.41) is 2.81. The minimum atomic E-state index is -0.602. The highest BCUT2D eigenvalue weighted by Crippen LogP contribution is 2.19. The predicted molar refractivity (Wildman–Crippen MR) is 79.6 cm³/mol. The number of benzene rings is 1. The average Bonchev–Trinajstić information content (AvgIpc) is 2.62. The van der Waals surface area contributed by atoms with Crippen molar-refractivity contribution in [2.24, 2.45) is 0 Å². The van der Waals surface area contributed by atoms with Gasteiger partial charge in [-0.2, -0.15) is 0 Å². The highest BCUT2D eigenvalue weighted by Gasteiger charge is 2.31. The van der Waals surface area contributed by atoms with Gasteiger partial charge in [0.15, 0.2) is 0 Å². The fourth-order valence-corrected chi connectivity index (χ4v) is 2.52. The molecule has 5 heteroatoms. The molecule has 1 heterocycles. The molecule has 114 valence electrons. The number of rotatable bonds is 5. The Kier molecular flexibility index (Phi) is 5.33. The topological polar surface area (TPSA) is 58.6 Å². The first-order valence-electron chi connectivity index (χ1n) is 7.36. The molecule has 1 aromatic rings. The van der Waals surface area contributed by atoms with Crippen molar-refractivity contribution < 1.29 is 14.3 Å². The van der Waals surface area contributed by atoms with E-state index in [2.05, 4.69) is 5.32 Å². The first-order chi connectivity index (χ1) is 10.1. The van der Waals surface area contributed by atoms with E-state index in [1.165, 1.54) is 0 Å². The molecule has 2 atom stereocenters. The van der Waals surface area contributed by atoms with Gasteiger partial charge in [-0.05, 0) is 19.4 Å². The van der Waals surface area contributed by atoms with Crippen molar-refractivity contribution in [1.82, 2.24) is 10.2 Å². The van der Waals surface area contributed by atoms with E-state index in [0.29, 0.717) is 26.1 Å². The second-order valence-electron chi connectivity index (χ2n) is 5.21. The van der Waals surface area contributed by atoms with Crippen LogP contribution in [0.2, 0.25) is 0 Å². The van der Waals surface area contributed by atoms with Gasteiger partial charge < -0.3 is 15.0 Å². The van der Waals surface area contributed by atoms with Crippen molar-refractivity contribution in [2.75, 3.05) is 19.7 Å². The van der Waals surface area contributed by atoms with Crippen molar-refractivity contribution in [3.05, 3.63) is 35.9 Å². The molecule has 1 fully saturated rings. The SMILES string of the molecule is CCOC(C)CN1CCC(=O)NC(c2ccccc2)C1=O. The Morgan fingerprint density at radius 3 is 2.71 bits per heavy atom. The molecule has 5 nitrogen and oxygen atoms in total. The van der Waals surface area contributed by atoms with Crippen LogP contribution in [-0.4, -0.2) is 42.5 Å². The summed E-state index contributed by atoms with van der Waals surface area (Å²) in [5.41, 5.74) is 0.812. The third-order valence-electron chi connectivity index (χ3n) is 3.53. The molecule has 2 rings (SSSR count). The number of amides is 2. The Labute approximate surface area is 125 Å². The monoisotopic (exact) mass is 290 g/mol. The van der Waals surface area contributed by atoms with E-state index < -0.39 is 6.04 Å². The molecule has 0 aromatic heterocycles. The Morgan fingerprint density at radius 1 is 1.33 bits per heavy atom. The lowest BCUT2D eigenvalue weighted by Crippen LogP contribution is -2.42. The van der Waals surface area contributed by atoms with Crippen molar-refractivity contribution >= 4 is 11.8 Å². The van der Waals surface area contributed by atoms with E-state index in [1.807, 2.05) is 44.2 Å². The number of carbonyl (C=O) groups is 2. The Balaban J connectivity index is 2.16. The lowest BCUT2D eigenvalue weighted by Gasteiger charge is -2.26. The summed E-state index contributed by atoms with van der Waals surface area (Å²) in [4.78, 5) is 26.3. The zero-order chi connectivity index (χ0) is 15.2. The molecule has 2 amide bonds. The van der Waals surface area contributed by atoms with Crippen LogP contribution in [0.25, 0.3) is 0 Å². The summed E-state index contributed by atoms with van der Waals surface area (Å²) in [6, 6.07) is 8.74. The van der Waals surface area contributed by atoms with E-state index in [-0.39, 0.29) is 17.9 Å². The highest BCUT2D eigenvalue weighted by molar-refractivity contribution is 5.90. The van der Waals surface area contributed by atoms with E-state index in [9.17, 15) is 9.59 Å². The minimum absolute atomic E-state index is 0.0384. The Bertz CT molecular complexity index is 490. The van der Waals surface area contributed by atoms with Crippen LogP contribution in [0.3, 0.4) is 0 Å². The summed E-state index contributed by atoms with van der Waals surface area (Å²) in [6.45, 7) is 5.42. The lowest BCUT2D eigenvalue weighted by molar-refractivity contribution is -0.135. The van der Waals surface area contributed by atoms with Crippen LogP contribution in [0.1, 0.15) is 31.9 Å². The third kappa shape index (κ3) is 4.04. The highest BCUT2D eigenvalue weighted by atomic mass is 16.5. The maximum absolute atomic E-state index is 12.7. The van der Waals surface area contributed by atoms with Crippen molar-refractivity contribution in [3.8, 4) is 0 Å². The third-order valence-corrected chi connectivity index (χ3v) is 3.53. The molecule has 0 saturated carbocycles. The largest absolute Gasteiger partial charge is 0.377 e. The lowest BCUT2D eigenvalue weighted by atomic mass is 10.1. The summed E-state index contributed by atoms with van der Waals surface area (Å²) in [5.74, 6) is -0.164. The van der Waals surface area contributed by atoms with Gasteiger partial charge in [-0.1, -0.05) is 30.3 Å². The van der Waals surface area contributed by atoms with Crippen LogP contribution in [-0.2, 0) is 14.3 Å². The van der Waals surface area contributed by atoms with Crippen LogP contribution in [0, 0.1) is 0 Å². The molecule has 1 aliphatic heterocycles. The number of ether oxygens (including phenoxy) is 1. The fourth-order valence-electron chi connectivity index (χ4n) is 2.52. The molecule has 1 aromatic carbocycles. The van der Waals surface area contributed by atoms with Crippen LogP contribution in [0.4, 0.5) is 0 Å². The summed E-state index contributed by atoms with van der Waals surface area (Å²) >= 11 is 0. The van der Waals surface area contributed by atoms with Crippen LogP contribution in [0.5, 0.6) is 0 Å². The molecule has 0 radical (unpaired) electrons. The number of nitrogens with one attached hydrogen (secondary N) is 1. The molecule has 0 bridgehead atoms. The summed E-state index contributed by atoms with van der Waals surface area (Å²) in [7, 11) is 0. The van der Waals surface area contributed by atoms with E-state index in [4.69, 9.17) is 4.74 Å². The normalized spacial score (nSPS) is 20.9. The van der Waals surface area contributed by atoms with Crippen molar-refractivity contribution in [1.29, 1.82) is 0 Å². The molecule has 2 unspecified atom stereocenters. The molecule has 0 aliphatic carbocycles. The van der Waals surface area contributed by atoms with Gasteiger partial charge in [0.05, 0.1) is 6.10 Å². The molecule has 21 heavy (non-hydrogen) atoms. The number of nitrogens with zero attached hydrogens (tertiary/aromatic N) is 1. The molecule has 1 saturated heterocycles. The van der Waals surface area contributed by atoms with Crippen LogP contribution in [0.15, 0.2) is 30.3 Å². The summed E-state index contributed by atoms with van der Waals surface area (Å²) < 4.78 is 5.50. The molecule has 0 spiro atoms. The quantitative estimate of drug-likeness (QED) is 0.894. The fraction of sp³-hybridized carbons (Fsp3) is 0.500. The maximum Gasteiger partial charge on any atom is 0.249 e. The Morgan fingerprint density at radius 2 is 2.05 bits per heavy atom. The van der Waals surface area contributed by atoms with Gasteiger partial charge in [0.25, 0.3) is 0 Å². The number of hydrogen-bond acceptors (Lipinski definition) is 3. The van der Waals surface area contributed by atoms with Gasteiger partial charge in [-0.3, -0.25) is 9.59 Å². The predicted octanol–water partition coefficient (Wildman–Crippen LogP) is 1.50. The van der Waals surface area contributed by atoms with Crippen molar-refractivity contribution in [3.63, 3.8) is 0 Å². The van der Waals surface area contributed by atoms with Crippen LogP contribution >= 0.6 is 0 Å². The smallest absolute Gasteiger partial charge is 0.249 e. The van der Waals surface area contributed by atoms with Gasteiger partial charge in [0, 0.05) is 26.1 Å². The average molecular weight is 290 g/mol. The molecule has 1 N–H and O–H groups in total. The van der Waals surface area contributed by atoms with Gasteiger partial charge in [-0.25, -0.2) is 0 Å². The van der Waals surface area contributed by atoms with Gasteiger partial charge in [0.1, 0.15) is 6.04 Å². The van der Waals surface area contributed by atoms with E-state index in [0.717, 1.165) is 5.56 Å². The molecular weight excluding hydrogens is 268 g/mol. The first kappa shape index (κ1) is 15.5. The van der Waals surface area contributed by atoms with E-state index in [1.54, 1.807) is 4.90 Å². The standard InChI is InChI=1S/C16H22N2O3/c1-3-21-12(2)11-18-10-9-14(19)17-15(16(18)20)13-7-5-4-6-8-13/h4-8,12,15H,3,9-11H2,1-2H3,(H,17,19). The van der Waals surface area contributed by atoms with Crippen LogP contribution < -0.4 is 5.32 Å². The van der Waals surface area contributed by atoms with Gasteiger partial charge >= 0.3 is 0 Å². The zero-order valence-corrected chi connectivity index (χ0v) is 12.5. The number of carbonyl (C=O) groups excluding carboxylic acids is 2. The minimum Gasteiger partial charge on any atom is -0.377 e. The Hall–Kier alpha value is -1.88. The van der Waals surface area contributed by atoms with Gasteiger partial charge in [-0.15, -0.1) is 0 Å². The molecular formula is C16H22N2O3. The zero-order valence-electron chi connectivity index (χ0n) is 12.5. The molecule has 1 aliphatic rings. The van der Waals surface area contributed by atoms with Gasteiger partial charge in [0.2, 0.25) is 11.8 Å². The number of hydrogen-bond donors (Lipinski definition) is 1. The van der Waals surface area contributed by atoms with Crippen molar-refractivity contribution in [2.45, 2.75) is 32.4 Å². The second-order valence-corrected chi connectivity index (χ2v) is 5.21. The van der Waals surface area contributed by atoms with E-state index >= 15 is 0 Å². The summed E-state index contributed by atoms with van der Waals surface area (Å²) in [6.07, 6.45) is 0.289. The first-order valence-corrected chi connectivity index (χ1v) is 7.36. The maximum atomic E-state index is 12.7.